The molecule has 11 heteroatoms. The number of nitrogens with zero attached hydrogens (tertiary/aromatic N) is 6. The van der Waals surface area contributed by atoms with Crippen molar-refractivity contribution in [2.24, 2.45) is 0 Å². The zero-order valence-corrected chi connectivity index (χ0v) is 15.0. The first-order valence-electron chi connectivity index (χ1n) is 7.88. The second-order valence-corrected chi connectivity index (χ2v) is 7.84. The van der Waals surface area contributed by atoms with Crippen LogP contribution < -0.4 is 4.72 Å². The number of benzene rings is 1. The van der Waals surface area contributed by atoms with Crippen LogP contribution in [0.15, 0.2) is 18.2 Å². The van der Waals surface area contributed by atoms with Crippen molar-refractivity contribution in [1.82, 2.24) is 20.2 Å². The van der Waals surface area contributed by atoms with Gasteiger partial charge in [0.2, 0.25) is 0 Å². The van der Waals surface area contributed by atoms with Crippen molar-refractivity contribution in [3.8, 4) is 0 Å². The van der Waals surface area contributed by atoms with E-state index in [1.807, 2.05) is 4.68 Å². The van der Waals surface area contributed by atoms with Crippen LogP contribution in [-0.2, 0) is 5.32 Å². The number of nitro groups is 2. The molecule has 0 aliphatic heterocycles. The molecule has 132 valence electrons. The van der Waals surface area contributed by atoms with Crippen molar-refractivity contribution in [2.45, 2.75) is 43.5 Å². The molecule has 1 saturated carbocycles. The van der Waals surface area contributed by atoms with E-state index < -0.39 is 9.85 Å². The summed E-state index contributed by atoms with van der Waals surface area (Å²) in [5, 5.41) is 34.4. The molecule has 0 atom stereocenters. The first-order valence-corrected chi connectivity index (χ1v) is 9.95. The normalized spacial score (nSPS) is 15.2. The SMILES string of the molecule is O=[N+]([O-])c1cc(C[Se]c2nnnn2C2CCCCC2)cc([N+](=O)[O-])c1. The Bertz CT molecular complexity index is 757. The van der Waals surface area contributed by atoms with Crippen molar-refractivity contribution in [1.29, 1.82) is 0 Å². The Labute approximate surface area is 149 Å². The van der Waals surface area contributed by atoms with Gasteiger partial charge in [-0.25, -0.2) is 0 Å². The van der Waals surface area contributed by atoms with Crippen molar-refractivity contribution in [3.63, 3.8) is 0 Å². The standard InChI is InChI=1S/C14H16N6O4Se/c21-19(22)12-6-10(7-13(8-12)20(23)24)9-25-14-15-16-17-18(14)11-4-2-1-3-5-11/h6-8,11H,1-5,9H2. The molecule has 1 fully saturated rings. The van der Waals surface area contributed by atoms with Crippen LogP contribution in [-0.4, -0.2) is 45.0 Å². The van der Waals surface area contributed by atoms with Crippen molar-refractivity contribution < 1.29 is 9.85 Å². The average Bonchev–Trinajstić information content (AvgIpc) is 3.09. The van der Waals surface area contributed by atoms with Gasteiger partial charge in [-0.05, 0) is 0 Å². The van der Waals surface area contributed by atoms with Crippen LogP contribution in [0.3, 0.4) is 0 Å². The average molecular weight is 411 g/mol. The van der Waals surface area contributed by atoms with E-state index in [2.05, 4.69) is 15.5 Å². The molecule has 25 heavy (non-hydrogen) atoms. The summed E-state index contributed by atoms with van der Waals surface area (Å²) >= 11 is -0.163. The fourth-order valence-corrected chi connectivity index (χ4v) is 4.77. The fraction of sp³-hybridized carbons (Fsp3) is 0.500. The van der Waals surface area contributed by atoms with E-state index in [1.54, 1.807) is 0 Å². The van der Waals surface area contributed by atoms with Gasteiger partial charge < -0.3 is 0 Å². The van der Waals surface area contributed by atoms with Gasteiger partial charge in [-0.3, -0.25) is 0 Å². The van der Waals surface area contributed by atoms with Gasteiger partial charge >= 0.3 is 149 Å². The molecule has 1 heterocycles. The van der Waals surface area contributed by atoms with E-state index in [4.69, 9.17) is 0 Å². The molecule has 3 rings (SSSR count). The Morgan fingerprint density at radius 2 is 1.72 bits per heavy atom. The molecule has 1 aliphatic carbocycles. The van der Waals surface area contributed by atoms with E-state index in [9.17, 15) is 20.2 Å². The van der Waals surface area contributed by atoms with Gasteiger partial charge in [-0.1, -0.05) is 0 Å². The second-order valence-electron chi connectivity index (χ2n) is 5.86. The molecule has 0 unspecified atom stereocenters. The number of hydrogen-bond acceptors (Lipinski definition) is 7. The molecule has 0 amide bonds. The molecule has 1 aromatic heterocycles. The van der Waals surface area contributed by atoms with Crippen LogP contribution in [0.4, 0.5) is 11.4 Å². The monoisotopic (exact) mass is 412 g/mol. The molecule has 10 nitrogen and oxygen atoms in total. The fourth-order valence-electron chi connectivity index (χ4n) is 2.93. The molecule has 1 aliphatic rings. The Hall–Kier alpha value is -2.39. The number of nitro benzene ring substituents is 2. The summed E-state index contributed by atoms with van der Waals surface area (Å²) in [4.78, 5) is 20.7. The summed E-state index contributed by atoms with van der Waals surface area (Å²) in [6.45, 7) is 0. The summed E-state index contributed by atoms with van der Waals surface area (Å²) in [6.07, 6.45) is 5.66. The summed E-state index contributed by atoms with van der Waals surface area (Å²) in [7, 11) is 0. The van der Waals surface area contributed by atoms with Gasteiger partial charge in [0.1, 0.15) is 0 Å². The number of hydrogen-bond donors (Lipinski definition) is 0. The predicted molar refractivity (Wildman–Crippen MR) is 88.8 cm³/mol. The number of non-ortho nitro benzene ring substituents is 2. The number of aromatic nitrogens is 4. The van der Waals surface area contributed by atoms with Crippen LogP contribution >= 0.6 is 0 Å². The molecule has 0 spiro atoms. The van der Waals surface area contributed by atoms with Crippen molar-refractivity contribution in [2.75, 3.05) is 0 Å². The Morgan fingerprint density at radius 1 is 1.08 bits per heavy atom. The molecule has 0 bridgehead atoms. The van der Waals surface area contributed by atoms with Gasteiger partial charge in [0.25, 0.3) is 0 Å². The first-order chi connectivity index (χ1) is 12.0. The molecule has 0 N–H and O–H groups in total. The zero-order valence-electron chi connectivity index (χ0n) is 13.3. The Morgan fingerprint density at radius 3 is 2.32 bits per heavy atom. The third kappa shape index (κ3) is 4.18. The van der Waals surface area contributed by atoms with Gasteiger partial charge in [0.05, 0.1) is 0 Å². The van der Waals surface area contributed by atoms with Crippen LogP contribution in [0, 0.1) is 20.2 Å². The maximum absolute atomic E-state index is 11.0. The van der Waals surface area contributed by atoms with Gasteiger partial charge in [-0.2, -0.15) is 0 Å². The molecule has 2 aromatic rings. The van der Waals surface area contributed by atoms with E-state index in [0.29, 0.717) is 16.9 Å². The van der Waals surface area contributed by atoms with E-state index in [1.165, 1.54) is 18.6 Å². The molecular weight excluding hydrogens is 395 g/mol. The van der Waals surface area contributed by atoms with Gasteiger partial charge in [-0.15, -0.1) is 0 Å². The number of rotatable bonds is 6. The van der Waals surface area contributed by atoms with Crippen molar-refractivity contribution in [3.05, 3.63) is 44.0 Å². The van der Waals surface area contributed by atoms with Gasteiger partial charge in [0, 0.05) is 0 Å². The minimum atomic E-state index is -0.615. The molecule has 1 aromatic carbocycles. The summed E-state index contributed by atoms with van der Waals surface area (Å²) < 4.78 is 2.64. The Kier molecular flexibility index (Phi) is 5.34. The molecular formula is C14H16N6O4Se. The summed E-state index contributed by atoms with van der Waals surface area (Å²) in [6, 6.07) is 4.04. The molecule has 0 radical (unpaired) electrons. The predicted octanol–water partition coefficient (Wildman–Crippen LogP) is 1.52. The van der Waals surface area contributed by atoms with Crippen LogP contribution in [0.25, 0.3) is 0 Å². The summed E-state index contributed by atoms with van der Waals surface area (Å²) in [5.74, 6) is 0. The van der Waals surface area contributed by atoms with E-state index in [-0.39, 0.29) is 26.3 Å². The van der Waals surface area contributed by atoms with E-state index in [0.717, 1.165) is 36.5 Å². The third-order valence-corrected chi connectivity index (χ3v) is 6.24. The van der Waals surface area contributed by atoms with Crippen molar-refractivity contribution >= 4 is 31.1 Å². The topological polar surface area (TPSA) is 130 Å². The Balaban J connectivity index is 1.77. The second kappa shape index (κ2) is 7.66. The van der Waals surface area contributed by atoms with Crippen LogP contribution in [0.1, 0.15) is 43.7 Å². The summed E-state index contributed by atoms with van der Waals surface area (Å²) in [5.41, 5.74) is 0.0119. The zero-order chi connectivity index (χ0) is 17.8. The minimum absolute atomic E-state index is 0.163. The molecule has 0 saturated heterocycles. The first kappa shape index (κ1) is 17.4. The third-order valence-electron chi connectivity index (χ3n) is 4.14. The quantitative estimate of drug-likeness (QED) is 0.400. The van der Waals surface area contributed by atoms with Crippen LogP contribution in [0.2, 0.25) is 0 Å². The van der Waals surface area contributed by atoms with E-state index >= 15 is 0 Å². The van der Waals surface area contributed by atoms with Crippen LogP contribution in [0.5, 0.6) is 0 Å². The number of tetrazole rings is 1. The van der Waals surface area contributed by atoms with Gasteiger partial charge in [0.15, 0.2) is 0 Å². The maximum atomic E-state index is 11.0.